The molecule has 0 atom stereocenters. The number of rotatable bonds is 0. The number of aromatic amines is 1. The molecule has 10 heavy (non-hydrogen) atoms. The lowest BCUT2D eigenvalue weighted by atomic mass is 9.97. The molecule has 0 fully saturated rings. The molecule has 0 aliphatic heterocycles. The highest BCUT2D eigenvalue weighted by Crippen LogP contribution is 2.04. The van der Waals surface area contributed by atoms with Gasteiger partial charge >= 0.3 is 0 Å². The summed E-state index contributed by atoms with van der Waals surface area (Å²) >= 11 is 0. The summed E-state index contributed by atoms with van der Waals surface area (Å²) < 4.78 is 0. The first-order chi connectivity index (χ1) is 4.88. The first-order valence-corrected chi connectivity index (χ1v) is 3.04. The maximum absolute atomic E-state index is 5.62. The maximum Gasteiger partial charge on any atom is 0.116 e. The number of nitrogens with one attached hydrogen (secondary N) is 1. The zero-order chi connectivity index (χ0) is 6.97. The van der Waals surface area contributed by atoms with Gasteiger partial charge in [0.2, 0.25) is 0 Å². The Morgan fingerprint density at radius 2 is 2.50 bits per heavy atom. The lowest BCUT2D eigenvalue weighted by Gasteiger charge is -1.86. The summed E-state index contributed by atoms with van der Waals surface area (Å²) in [5, 5.41) is 1.04. The molecule has 0 saturated carbocycles. The van der Waals surface area contributed by atoms with Crippen molar-refractivity contribution >= 4 is 24.2 Å². The highest BCUT2D eigenvalue weighted by atomic mass is 14.7. The predicted octanol–water partition coefficient (Wildman–Crippen LogP) is 0.603. The lowest BCUT2D eigenvalue weighted by Crippen LogP contribution is -1.96. The second-order valence-corrected chi connectivity index (χ2v) is 2.17. The minimum atomic E-state index is 0. The second-order valence-electron chi connectivity index (χ2n) is 2.17. The second kappa shape index (κ2) is 1.87. The lowest BCUT2D eigenvalue weighted by molar-refractivity contribution is 1.34. The highest BCUT2D eigenvalue weighted by Gasteiger charge is 1.94. The molecule has 48 valence electrons. The third-order valence-electron chi connectivity index (χ3n) is 1.52. The van der Waals surface area contributed by atoms with Gasteiger partial charge in [-0.3, -0.25) is 4.98 Å². The Labute approximate surface area is 61.2 Å². The van der Waals surface area contributed by atoms with E-state index in [1.165, 1.54) is 0 Å². The molecule has 2 heterocycles. The van der Waals surface area contributed by atoms with Crippen LogP contribution in [0.25, 0.3) is 10.9 Å². The van der Waals surface area contributed by atoms with Crippen molar-refractivity contribution in [2.45, 2.75) is 0 Å². The average Bonchev–Trinajstić information content (AvgIpc) is 2.34. The van der Waals surface area contributed by atoms with Gasteiger partial charge in [0.1, 0.15) is 7.85 Å². The number of nitrogens with zero attached hydrogens (tertiary/aromatic N) is 1. The van der Waals surface area contributed by atoms with E-state index in [2.05, 4.69) is 9.97 Å². The van der Waals surface area contributed by atoms with E-state index in [9.17, 15) is 0 Å². The standard InChI is InChI=1S/C7H5BN2.H2/c8-6-3-10-7-4-9-2-1-5(6)7;/h1-4,10H;1H. The van der Waals surface area contributed by atoms with Crippen LogP contribution in [-0.2, 0) is 0 Å². The normalized spacial score (nSPS) is 10.4. The fourth-order valence-electron chi connectivity index (χ4n) is 0.994. The molecule has 0 bridgehead atoms. The van der Waals surface area contributed by atoms with Crippen LogP contribution in [0, 0.1) is 0 Å². The first-order valence-electron chi connectivity index (χ1n) is 3.04. The zero-order valence-corrected chi connectivity index (χ0v) is 5.33. The molecule has 0 unspecified atom stereocenters. The fraction of sp³-hybridized carbons (Fsp3) is 0. The van der Waals surface area contributed by atoms with Gasteiger partial charge in [0.15, 0.2) is 0 Å². The molecule has 0 aromatic carbocycles. The van der Waals surface area contributed by atoms with Crippen LogP contribution < -0.4 is 5.46 Å². The van der Waals surface area contributed by atoms with Crippen molar-refractivity contribution in [1.29, 1.82) is 0 Å². The fourth-order valence-corrected chi connectivity index (χ4v) is 0.994. The molecular weight excluding hydrogens is 123 g/mol. The first kappa shape index (κ1) is 5.53. The van der Waals surface area contributed by atoms with Crippen molar-refractivity contribution in [3.8, 4) is 0 Å². The molecule has 0 aliphatic rings. The molecule has 3 heteroatoms. The molecule has 2 aromatic heterocycles. The summed E-state index contributed by atoms with van der Waals surface area (Å²) in [6, 6.07) is 1.89. The van der Waals surface area contributed by atoms with Crippen LogP contribution in [0.2, 0.25) is 0 Å². The summed E-state index contributed by atoms with van der Waals surface area (Å²) in [6.45, 7) is 0. The number of pyridine rings is 1. The van der Waals surface area contributed by atoms with E-state index in [-0.39, 0.29) is 1.43 Å². The van der Waals surface area contributed by atoms with Crippen molar-refractivity contribution in [2.24, 2.45) is 0 Å². The van der Waals surface area contributed by atoms with Crippen LogP contribution in [0.15, 0.2) is 24.7 Å². The molecule has 2 rings (SSSR count). The van der Waals surface area contributed by atoms with Gasteiger partial charge in [0.25, 0.3) is 0 Å². The number of aromatic nitrogens is 2. The minimum Gasteiger partial charge on any atom is -0.361 e. The van der Waals surface area contributed by atoms with Gasteiger partial charge in [0, 0.05) is 7.62 Å². The number of H-pyrrole nitrogens is 1. The number of fused-ring (bicyclic) bond motifs is 1. The van der Waals surface area contributed by atoms with Crippen molar-refractivity contribution in [3.05, 3.63) is 24.7 Å². The molecular formula is C7H7BN2. The van der Waals surface area contributed by atoms with E-state index in [0.29, 0.717) is 0 Å². The third-order valence-corrected chi connectivity index (χ3v) is 1.52. The zero-order valence-electron chi connectivity index (χ0n) is 5.33. The van der Waals surface area contributed by atoms with Crippen molar-refractivity contribution < 1.29 is 1.43 Å². The van der Waals surface area contributed by atoms with Crippen LogP contribution >= 0.6 is 0 Å². The van der Waals surface area contributed by atoms with Crippen LogP contribution in [0.5, 0.6) is 0 Å². The van der Waals surface area contributed by atoms with Crippen LogP contribution in [0.1, 0.15) is 1.43 Å². The van der Waals surface area contributed by atoms with E-state index in [1.807, 2.05) is 6.07 Å². The van der Waals surface area contributed by atoms with Gasteiger partial charge in [-0.2, -0.15) is 0 Å². The molecule has 2 radical (unpaired) electrons. The van der Waals surface area contributed by atoms with Crippen LogP contribution in [-0.4, -0.2) is 17.8 Å². The Morgan fingerprint density at radius 1 is 1.60 bits per heavy atom. The van der Waals surface area contributed by atoms with Crippen LogP contribution in [0.4, 0.5) is 0 Å². The summed E-state index contributed by atoms with van der Waals surface area (Å²) in [5.41, 5.74) is 1.76. The Hall–Kier alpha value is -1.25. The summed E-state index contributed by atoms with van der Waals surface area (Å²) in [7, 11) is 5.62. The van der Waals surface area contributed by atoms with Gasteiger partial charge in [-0.25, -0.2) is 0 Å². The average molecular weight is 130 g/mol. The van der Waals surface area contributed by atoms with Gasteiger partial charge < -0.3 is 4.98 Å². The topological polar surface area (TPSA) is 28.7 Å². The monoisotopic (exact) mass is 130 g/mol. The maximum atomic E-state index is 5.62. The van der Waals surface area contributed by atoms with E-state index < -0.39 is 0 Å². The molecule has 2 nitrogen and oxygen atoms in total. The quantitative estimate of drug-likeness (QED) is 0.519. The van der Waals surface area contributed by atoms with Crippen molar-refractivity contribution in [2.75, 3.05) is 0 Å². The summed E-state index contributed by atoms with van der Waals surface area (Å²) in [6.07, 6.45) is 5.25. The molecule has 0 spiro atoms. The molecule has 0 saturated heterocycles. The largest absolute Gasteiger partial charge is 0.361 e. The predicted molar refractivity (Wildman–Crippen MR) is 43.6 cm³/mol. The third kappa shape index (κ3) is 0.636. The Balaban J connectivity index is 0.000000605. The molecule has 1 N–H and O–H groups in total. The summed E-state index contributed by atoms with van der Waals surface area (Å²) in [4.78, 5) is 6.94. The Bertz CT molecular complexity index is 358. The van der Waals surface area contributed by atoms with E-state index in [4.69, 9.17) is 7.85 Å². The smallest absolute Gasteiger partial charge is 0.116 e. The van der Waals surface area contributed by atoms with Crippen molar-refractivity contribution in [3.63, 3.8) is 0 Å². The molecule has 2 aromatic rings. The Kier molecular flexibility index (Phi) is 1.03. The van der Waals surface area contributed by atoms with Crippen LogP contribution in [0.3, 0.4) is 0 Å². The van der Waals surface area contributed by atoms with Gasteiger partial charge in [0.05, 0.1) is 11.7 Å². The van der Waals surface area contributed by atoms with Gasteiger partial charge in [-0.1, -0.05) is 5.46 Å². The Morgan fingerprint density at radius 3 is 3.30 bits per heavy atom. The highest BCUT2D eigenvalue weighted by molar-refractivity contribution is 6.38. The van der Waals surface area contributed by atoms with Gasteiger partial charge in [-0.05, 0) is 17.6 Å². The van der Waals surface area contributed by atoms with E-state index in [0.717, 1.165) is 16.4 Å². The number of hydrogen-bond acceptors (Lipinski definition) is 1. The molecule has 0 aliphatic carbocycles. The van der Waals surface area contributed by atoms with E-state index in [1.54, 1.807) is 18.6 Å². The SMILES string of the molecule is [B]c1c[nH]c2cnccc12.[HH]. The van der Waals surface area contributed by atoms with Crippen molar-refractivity contribution in [1.82, 2.24) is 9.97 Å². The van der Waals surface area contributed by atoms with E-state index >= 15 is 0 Å². The number of hydrogen-bond donors (Lipinski definition) is 1. The summed E-state index contributed by atoms with van der Waals surface area (Å²) in [5.74, 6) is 0. The molecule has 0 amide bonds. The van der Waals surface area contributed by atoms with Gasteiger partial charge in [-0.15, -0.1) is 0 Å². The minimum absolute atomic E-state index is 0.